The zero-order valence-corrected chi connectivity index (χ0v) is 11.9. The first-order valence-electron chi connectivity index (χ1n) is 7.13. The van der Waals surface area contributed by atoms with Gasteiger partial charge in [0.2, 0.25) is 0 Å². The van der Waals surface area contributed by atoms with Crippen molar-refractivity contribution in [1.29, 1.82) is 0 Å². The summed E-state index contributed by atoms with van der Waals surface area (Å²) >= 11 is 0. The van der Waals surface area contributed by atoms with Crippen LogP contribution in [0.5, 0.6) is 5.75 Å². The molecule has 1 heterocycles. The zero-order valence-electron chi connectivity index (χ0n) is 11.9. The molecule has 0 aliphatic carbocycles. The smallest absolute Gasteiger partial charge is 0.142 e. The molecule has 0 bridgehead atoms. The van der Waals surface area contributed by atoms with Crippen molar-refractivity contribution in [2.24, 2.45) is 0 Å². The second-order valence-corrected chi connectivity index (χ2v) is 5.20. The number of halogens is 1. The minimum Gasteiger partial charge on any atom is -0.491 e. The number of nitrogens with zero attached hydrogens (tertiary/aromatic N) is 1. The van der Waals surface area contributed by atoms with E-state index >= 15 is 0 Å². The summed E-state index contributed by atoms with van der Waals surface area (Å²) in [4.78, 5) is 2.09. The van der Waals surface area contributed by atoms with Crippen LogP contribution in [0.15, 0.2) is 42.5 Å². The van der Waals surface area contributed by atoms with Crippen molar-refractivity contribution in [2.45, 2.75) is 19.4 Å². The van der Waals surface area contributed by atoms with Crippen molar-refractivity contribution in [1.82, 2.24) is 0 Å². The first kappa shape index (κ1) is 13.9. The fraction of sp³-hybridized carbons (Fsp3) is 0.294. The molecule has 0 unspecified atom stereocenters. The van der Waals surface area contributed by atoms with Crippen LogP contribution < -0.4 is 9.64 Å². The van der Waals surface area contributed by atoms with E-state index in [0.717, 1.165) is 30.1 Å². The molecular formula is C17H18FNO2. The van der Waals surface area contributed by atoms with Crippen LogP contribution in [-0.4, -0.2) is 18.3 Å². The molecule has 0 saturated heterocycles. The molecule has 21 heavy (non-hydrogen) atoms. The Morgan fingerprint density at radius 2 is 2.00 bits per heavy atom. The number of hydrogen-bond donors (Lipinski definition) is 1. The van der Waals surface area contributed by atoms with Crippen molar-refractivity contribution in [2.75, 3.05) is 18.1 Å². The van der Waals surface area contributed by atoms with Gasteiger partial charge in [-0.2, -0.15) is 0 Å². The van der Waals surface area contributed by atoms with Crippen LogP contribution >= 0.6 is 0 Å². The molecule has 3 nitrogen and oxygen atoms in total. The highest BCUT2D eigenvalue weighted by Gasteiger charge is 2.21. The van der Waals surface area contributed by atoms with Crippen LogP contribution in [0.4, 0.5) is 15.8 Å². The van der Waals surface area contributed by atoms with Crippen LogP contribution in [0.2, 0.25) is 0 Å². The lowest BCUT2D eigenvalue weighted by Gasteiger charge is -2.27. The summed E-state index contributed by atoms with van der Waals surface area (Å²) in [5, 5.41) is 9.95. The lowest BCUT2D eigenvalue weighted by molar-refractivity contribution is 0.199. The maximum Gasteiger partial charge on any atom is 0.142 e. The normalized spacial score (nSPS) is 15.9. The minimum atomic E-state index is -0.730. The second kappa shape index (κ2) is 5.74. The lowest BCUT2D eigenvalue weighted by atomic mass is 10.1. The molecule has 0 aromatic heterocycles. The number of fused-ring (bicyclic) bond motifs is 1. The summed E-state index contributed by atoms with van der Waals surface area (Å²) in [7, 11) is 0. The third-order valence-electron chi connectivity index (χ3n) is 3.67. The zero-order chi connectivity index (χ0) is 14.8. The van der Waals surface area contributed by atoms with Crippen LogP contribution in [0.1, 0.15) is 25.0 Å². The quantitative estimate of drug-likeness (QED) is 0.912. The molecule has 2 aromatic rings. The summed E-state index contributed by atoms with van der Waals surface area (Å²) < 4.78 is 19.2. The molecular weight excluding hydrogens is 269 g/mol. The molecule has 4 heteroatoms. The number of anilines is 2. The Bertz CT molecular complexity index is 642. The van der Waals surface area contributed by atoms with Gasteiger partial charge in [0.05, 0.1) is 18.4 Å². The van der Waals surface area contributed by atoms with E-state index in [0.29, 0.717) is 12.2 Å². The maximum atomic E-state index is 13.5. The molecule has 1 N–H and O–H groups in total. The Hall–Kier alpha value is -2.07. The third-order valence-corrected chi connectivity index (χ3v) is 3.67. The Labute approximate surface area is 123 Å². The number of aliphatic hydroxyl groups excluding tert-OH is 1. The lowest BCUT2D eigenvalue weighted by Crippen LogP contribution is -2.19. The van der Waals surface area contributed by atoms with Gasteiger partial charge < -0.3 is 14.7 Å². The van der Waals surface area contributed by atoms with Crippen LogP contribution in [-0.2, 0) is 0 Å². The Morgan fingerprint density at radius 3 is 2.81 bits per heavy atom. The van der Waals surface area contributed by atoms with Crippen molar-refractivity contribution in [3.8, 4) is 5.75 Å². The standard InChI is InChI=1S/C17H18FNO2/c1-12(20)14-11-13(18)7-8-15(14)19-9-4-10-21-17-6-3-2-5-16(17)19/h2-3,5-8,11-12,20H,4,9-10H2,1H3/t12-/m0/s1. The maximum absolute atomic E-state index is 13.5. The van der Waals surface area contributed by atoms with Gasteiger partial charge in [0, 0.05) is 17.8 Å². The average Bonchev–Trinajstić information content (AvgIpc) is 2.69. The molecule has 0 radical (unpaired) electrons. The topological polar surface area (TPSA) is 32.7 Å². The van der Waals surface area contributed by atoms with E-state index in [9.17, 15) is 9.50 Å². The van der Waals surface area contributed by atoms with E-state index in [-0.39, 0.29) is 5.82 Å². The second-order valence-electron chi connectivity index (χ2n) is 5.20. The van der Waals surface area contributed by atoms with E-state index in [1.807, 2.05) is 24.3 Å². The van der Waals surface area contributed by atoms with E-state index in [1.54, 1.807) is 13.0 Å². The highest BCUT2D eigenvalue weighted by molar-refractivity contribution is 5.72. The Morgan fingerprint density at radius 1 is 1.19 bits per heavy atom. The molecule has 110 valence electrons. The summed E-state index contributed by atoms with van der Waals surface area (Å²) in [6, 6.07) is 12.3. The van der Waals surface area contributed by atoms with E-state index in [4.69, 9.17) is 4.74 Å². The summed E-state index contributed by atoms with van der Waals surface area (Å²) in [5.41, 5.74) is 2.36. The number of benzene rings is 2. The number of ether oxygens (including phenoxy) is 1. The minimum absolute atomic E-state index is 0.339. The first-order chi connectivity index (χ1) is 10.2. The molecule has 1 atom stereocenters. The fourth-order valence-corrected chi connectivity index (χ4v) is 2.68. The van der Waals surface area contributed by atoms with Crippen LogP contribution in [0, 0.1) is 5.82 Å². The van der Waals surface area contributed by atoms with E-state index < -0.39 is 6.10 Å². The molecule has 0 spiro atoms. The molecule has 1 aliphatic heterocycles. The van der Waals surface area contributed by atoms with Gasteiger partial charge in [-0.3, -0.25) is 0 Å². The van der Waals surface area contributed by atoms with Gasteiger partial charge >= 0.3 is 0 Å². The van der Waals surface area contributed by atoms with Gasteiger partial charge in [0.15, 0.2) is 0 Å². The number of hydrogen-bond acceptors (Lipinski definition) is 3. The highest BCUT2D eigenvalue weighted by atomic mass is 19.1. The monoisotopic (exact) mass is 287 g/mol. The van der Waals surface area contributed by atoms with Crippen molar-refractivity contribution in [3.63, 3.8) is 0 Å². The molecule has 0 amide bonds. The third kappa shape index (κ3) is 2.72. The van der Waals surface area contributed by atoms with Gasteiger partial charge in [-0.25, -0.2) is 4.39 Å². The number of aliphatic hydroxyl groups is 1. The predicted octanol–water partition coefficient (Wildman–Crippen LogP) is 3.80. The van der Waals surface area contributed by atoms with Crippen molar-refractivity contribution < 1.29 is 14.2 Å². The van der Waals surface area contributed by atoms with E-state index in [2.05, 4.69) is 4.90 Å². The van der Waals surface area contributed by atoms with E-state index in [1.165, 1.54) is 12.1 Å². The number of rotatable bonds is 2. The summed E-state index contributed by atoms with van der Waals surface area (Å²) in [6.45, 7) is 3.07. The van der Waals surface area contributed by atoms with Crippen LogP contribution in [0.3, 0.4) is 0 Å². The predicted molar refractivity (Wildman–Crippen MR) is 80.6 cm³/mol. The molecule has 3 rings (SSSR count). The Kier molecular flexibility index (Phi) is 3.80. The van der Waals surface area contributed by atoms with Crippen molar-refractivity contribution >= 4 is 11.4 Å². The van der Waals surface area contributed by atoms with Gasteiger partial charge in [-0.05, 0) is 43.7 Å². The largest absolute Gasteiger partial charge is 0.491 e. The SMILES string of the molecule is C[C@H](O)c1cc(F)ccc1N1CCCOc2ccccc21. The Balaban J connectivity index is 2.12. The molecule has 2 aromatic carbocycles. The number of para-hydroxylation sites is 2. The summed E-state index contributed by atoms with van der Waals surface area (Å²) in [5.74, 6) is 0.477. The molecule has 0 saturated carbocycles. The van der Waals surface area contributed by atoms with Gasteiger partial charge in [0.25, 0.3) is 0 Å². The first-order valence-corrected chi connectivity index (χ1v) is 7.13. The van der Waals surface area contributed by atoms with Gasteiger partial charge in [-0.1, -0.05) is 12.1 Å². The van der Waals surface area contributed by atoms with Gasteiger partial charge in [0.1, 0.15) is 11.6 Å². The fourth-order valence-electron chi connectivity index (χ4n) is 2.68. The van der Waals surface area contributed by atoms with Crippen LogP contribution in [0.25, 0.3) is 0 Å². The molecule has 1 aliphatic rings. The van der Waals surface area contributed by atoms with Crippen molar-refractivity contribution in [3.05, 3.63) is 53.8 Å². The average molecular weight is 287 g/mol. The van der Waals surface area contributed by atoms with Gasteiger partial charge in [-0.15, -0.1) is 0 Å². The highest BCUT2D eigenvalue weighted by Crippen LogP contribution is 2.38. The molecule has 0 fully saturated rings. The summed E-state index contributed by atoms with van der Waals surface area (Å²) in [6.07, 6.45) is 0.137.